The van der Waals surface area contributed by atoms with Crippen molar-refractivity contribution in [2.24, 2.45) is 0 Å². The number of carboxylic acid groups (broad SMARTS) is 1. The van der Waals surface area contributed by atoms with Crippen LogP contribution in [0.1, 0.15) is 37.5 Å². The molecule has 0 aliphatic carbocycles. The molecule has 0 radical (unpaired) electrons. The zero-order valence-corrected chi connectivity index (χ0v) is 25.8. The van der Waals surface area contributed by atoms with Gasteiger partial charge in [-0.25, -0.2) is 24.5 Å². The van der Waals surface area contributed by atoms with Crippen LogP contribution in [-0.2, 0) is 20.9 Å². The number of alkyl carbamates (subject to hydrolysis) is 1. The van der Waals surface area contributed by atoms with Crippen LogP contribution in [0.25, 0.3) is 17.2 Å². The SMILES string of the molecule is Cc1cc(/C=C/C(=O)O)cnc1N1CCN(c2ncc(-c3cccc(CN(C)C(=O)CNC(=O)OC(C)(C)C)c3)cn2)CC1. The monoisotopic (exact) mass is 601 g/mol. The number of carbonyl (C=O) groups excluding carboxylic acids is 2. The molecule has 3 aromatic rings. The number of nitrogens with zero attached hydrogens (tertiary/aromatic N) is 6. The summed E-state index contributed by atoms with van der Waals surface area (Å²) in [4.78, 5) is 54.9. The number of benzene rings is 1. The van der Waals surface area contributed by atoms with E-state index >= 15 is 0 Å². The molecule has 2 N–H and O–H groups in total. The molecule has 12 nitrogen and oxygen atoms in total. The zero-order valence-electron chi connectivity index (χ0n) is 25.8. The molecular weight excluding hydrogens is 562 g/mol. The molecule has 12 heteroatoms. The number of carbonyl (C=O) groups is 3. The third kappa shape index (κ3) is 9.00. The Kier molecular flexibility index (Phi) is 10.1. The lowest BCUT2D eigenvalue weighted by atomic mass is 10.1. The van der Waals surface area contributed by atoms with Gasteiger partial charge in [-0.3, -0.25) is 4.79 Å². The Hall–Kier alpha value is -5.00. The minimum Gasteiger partial charge on any atom is -0.478 e. The van der Waals surface area contributed by atoms with E-state index in [1.54, 1.807) is 38.9 Å². The number of nitrogens with one attached hydrogen (secondary N) is 1. The normalized spacial score (nSPS) is 13.6. The predicted molar refractivity (Wildman–Crippen MR) is 168 cm³/mol. The first-order chi connectivity index (χ1) is 20.9. The Morgan fingerprint density at radius 3 is 2.32 bits per heavy atom. The third-order valence-corrected chi connectivity index (χ3v) is 6.88. The van der Waals surface area contributed by atoms with Gasteiger partial charge in [0.15, 0.2) is 0 Å². The number of rotatable bonds is 9. The van der Waals surface area contributed by atoms with Crippen molar-refractivity contribution in [2.75, 3.05) is 49.6 Å². The number of ether oxygens (including phenoxy) is 1. The molecule has 0 unspecified atom stereocenters. The van der Waals surface area contributed by atoms with Crippen LogP contribution in [0.5, 0.6) is 0 Å². The lowest BCUT2D eigenvalue weighted by molar-refractivity contribution is -0.131. The first-order valence-electron chi connectivity index (χ1n) is 14.4. The van der Waals surface area contributed by atoms with E-state index in [4.69, 9.17) is 9.84 Å². The Balaban J connectivity index is 1.31. The lowest BCUT2D eigenvalue weighted by Crippen LogP contribution is -2.47. The van der Waals surface area contributed by atoms with Gasteiger partial charge in [0, 0.05) is 70.0 Å². The number of aliphatic carboxylic acids is 1. The lowest BCUT2D eigenvalue weighted by Gasteiger charge is -2.36. The van der Waals surface area contributed by atoms with Crippen molar-refractivity contribution >= 4 is 35.8 Å². The van der Waals surface area contributed by atoms with Crippen molar-refractivity contribution < 1.29 is 24.2 Å². The van der Waals surface area contributed by atoms with Crippen molar-refractivity contribution in [3.63, 3.8) is 0 Å². The van der Waals surface area contributed by atoms with Crippen molar-refractivity contribution in [1.82, 2.24) is 25.2 Å². The Labute approximate surface area is 257 Å². The van der Waals surface area contributed by atoms with E-state index in [9.17, 15) is 14.4 Å². The van der Waals surface area contributed by atoms with E-state index in [0.29, 0.717) is 12.5 Å². The highest BCUT2D eigenvalue weighted by Gasteiger charge is 2.22. The molecule has 1 fully saturated rings. The maximum atomic E-state index is 12.5. The molecule has 0 saturated carbocycles. The van der Waals surface area contributed by atoms with Crippen LogP contribution in [0.15, 0.2) is 55.0 Å². The van der Waals surface area contributed by atoms with Gasteiger partial charge in [0.1, 0.15) is 18.0 Å². The third-order valence-electron chi connectivity index (χ3n) is 6.88. The van der Waals surface area contributed by atoms with Gasteiger partial charge in [0.05, 0.1) is 0 Å². The molecular formula is C32H39N7O5. The van der Waals surface area contributed by atoms with Gasteiger partial charge in [-0.05, 0) is 68.2 Å². The Morgan fingerprint density at radius 1 is 1.00 bits per heavy atom. The summed E-state index contributed by atoms with van der Waals surface area (Å²) in [5.41, 5.74) is 3.85. The molecule has 0 atom stereocenters. The molecule has 3 heterocycles. The number of hydrogen-bond donors (Lipinski definition) is 2. The Bertz CT molecular complexity index is 1510. The van der Waals surface area contributed by atoms with Crippen LogP contribution >= 0.6 is 0 Å². The number of carboxylic acids is 1. The van der Waals surface area contributed by atoms with Gasteiger partial charge >= 0.3 is 12.1 Å². The van der Waals surface area contributed by atoms with Gasteiger partial charge in [0.2, 0.25) is 11.9 Å². The second-order valence-electron chi connectivity index (χ2n) is 11.6. The van der Waals surface area contributed by atoms with Crippen molar-refractivity contribution in [3.8, 4) is 11.1 Å². The summed E-state index contributed by atoms with van der Waals surface area (Å²) in [6, 6.07) is 9.79. The summed E-state index contributed by atoms with van der Waals surface area (Å²) in [5, 5.41) is 11.3. The number of hydrogen-bond acceptors (Lipinski definition) is 9. The molecule has 1 aliphatic rings. The summed E-state index contributed by atoms with van der Waals surface area (Å²) >= 11 is 0. The smallest absolute Gasteiger partial charge is 0.408 e. The number of aromatic nitrogens is 3. The van der Waals surface area contributed by atoms with Crippen LogP contribution in [-0.4, -0.2) is 88.3 Å². The summed E-state index contributed by atoms with van der Waals surface area (Å²) in [6.45, 7) is 10.5. The summed E-state index contributed by atoms with van der Waals surface area (Å²) in [7, 11) is 1.69. The van der Waals surface area contributed by atoms with E-state index < -0.39 is 17.7 Å². The number of piperazine rings is 1. The molecule has 4 rings (SSSR count). The van der Waals surface area contributed by atoms with Crippen LogP contribution in [0.3, 0.4) is 0 Å². The first kappa shape index (κ1) is 31.9. The van der Waals surface area contributed by atoms with E-state index in [0.717, 1.165) is 65.9 Å². The van der Waals surface area contributed by atoms with Crippen molar-refractivity contribution in [2.45, 2.75) is 39.8 Å². The quantitative estimate of drug-likeness (QED) is 0.348. The molecule has 1 aliphatic heterocycles. The maximum Gasteiger partial charge on any atom is 0.408 e. The molecule has 2 amide bonds. The average Bonchev–Trinajstić information content (AvgIpc) is 2.98. The zero-order chi connectivity index (χ0) is 31.9. The highest BCUT2D eigenvalue weighted by atomic mass is 16.6. The fraction of sp³-hybridized carbons (Fsp3) is 0.375. The van der Waals surface area contributed by atoms with Crippen molar-refractivity contribution in [1.29, 1.82) is 0 Å². The average molecular weight is 602 g/mol. The van der Waals surface area contributed by atoms with Gasteiger partial charge in [-0.1, -0.05) is 18.2 Å². The molecule has 0 spiro atoms. The highest BCUT2D eigenvalue weighted by Crippen LogP contribution is 2.24. The molecule has 44 heavy (non-hydrogen) atoms. The van der Waals surface area contributed by atoms with Crippen LogP contribution in [0, 0.1) is 6.92 Å². The topological polar surface area (TPSA) is 141 Å². The minimum absolute atomic E-state index is 0.150. The standard InChI is InChI=1S/C32H39N7O5/c1-22-15-23(9-10-28(41)42)17-33-29(22)38-11-13-39(14-12-38)30-34-18-26(19-35-30)25-8-6-7-24(16-25)21-37(5)27(40)20-36-31(43)44-32(2,3)4/h6-10,15-19H,11-14,20-21H2,1-5H3,(H,36,43)(H,41,42)/b10-9+. The van der Waals surface area contributed by atoms with Crippen LogP contribution < -0.4 is 15.1 Å². The van der Waals surface area contributed by atoms with Gasteiger partial charge < -0.3 is 29.9 Å². The van der Waals surface area contributed by atoms with Gasteiger partial charge in [0.25, 0.3) is 0 Å². The molecule has 1 saturated heterocycles. The fourth-order valence-electron chi connectivity index (χ4n) is 4.74. The van der Waals surface area contributed by atoms with Crippen LogP contribution in [0.2, 0.25) is 0 Å². The van der Waals surface area contributed by atoms with Crippen LogP contribution in [0.4, 0.5) is 16.6 Å². The molecule has 2 aromatic heterocycles. The highest BCUT2D eigenvalue weighted by molar-refractivity contribution is 5.85. The number of anilines is 2. The van der Waals surface area contributed by atoms with Crippen molar-refractivity contribution in [3.05, 3.63) is 71.7 Å². The second kappa shape index (κ2) is 14.0. The largest absolute Gasteiger partial charge is 0.478 e. The van der Waals surface area contributed by atoms with E-state index in [1.165, 1.54) is 6.08 Å². The predicted octanol–water partition coefficient (Wildman–Crippen LogP) is 3.75. The van der Waals surface area contributed by atoms with Gasteiger partial charge in [-0.15, -0.1) is 0 Å². The number of amides is 2. The number of pyridine rings is 1. The van der Waals surface area contributed by atoms with E-state index in [1.807, 2.05) is 49.6 Å². The summed E-state index contributed by atoms with van der Waals surface area (Å²) in [6.07, 6.45) is 7.32. The van der Waals surface area contributed by atoms with E-state index in [-0.39, 0.29) is 12.5 Å². The number of likely N-dealkylation sites (N-methyl/N-ethyl adjacent to an activating group) is 1. The molecule has 1 aromatic carbocycles. The molecule has 232 valence electrons. The first-order valence-corrected chi connectivity index (χ1v) is 14.4. The summed E-state index contributed by atoms with van der Waals surface area (Å²) in [5.74, 6) is 0.325. The maximum absolute atomic E-state index is 12.5. The van der Waals surface area contributed by atoms with E-state index in [2.05, 4.69) is 30.1 Å². The molecule has 0 bridgehead atoms. The minimum atomic E-state index is -0.990. The Morgan fingerprint density at radius 2 is 1.68 bits per heavy atom. The van der Waals surface area contributed by atoms with Gasteiger partial charge in [-0.2, -0.15) is 0 Å². The summed E-state index contributed by atoms with van der Waals surface area (Å²) < 4.78 is 5.19. The second-order valence-corrected chi connectivity index (χ2v) is 11.6. The number of aryl methyl sites for hydroxylation is 1. The fourth-order valence-corrected chi connectivity index (χ4v) is 4.74.